The SMILES string of the molecule is CSCCCC(=O)NNS(=O)(=O)Cc1ccccc1. The van der Waals surface area contributed by atoms with Crippen molar-refractivity contribution in [1.82, 2.24) is 10.3 Å². The highest BCUT2D eigenvalue weighted by Gasteiger charge is 2.12. The first-order valence-electron chi connectivity index (χ1n) is 5.84. The van der Waals surface area contributed by atoms with Crippen LogP contribution in [0.15, 0.2) is 30.3 Å². The number of carbonyl (C=O) groups is 1. The van der Waals surface area contributed by atoms with Crippen LogP contribution in [0.4, 0.5) is 0 Å². The number of hydrogen-bond donors (Lipinski definition) is 2. The van der Waals surface area contributed by atoms with Gasteiger partial charge in [-0.15, -0.1) is 4.83 Å². The van der Waals surface area contributed by atoms with Gasteiger partial charge in [-0.05, 0) is 24.0 Å². The average molecular weight is 302 g/mol. The fourth-order valence-corrected chi connectivity index (χ4v) is 2.81. The zero-order valence-electron chi connectivity index (χ0n) is 10.8. The standard InChI is InChI=1S/C12H18N2O3S2/c1-18-9-5-8-12(15)13-14-19(16,17)10-11-6-3-2-4-7-11/h2-4,6-7,14H,5,8-10H2,1H3,(H,13,15). The lowest BCUT2D eigenvalue weighted by atomic mass is 10.2. The normalized spacial score (nSPS) is 11.2. The van der Waals surface area contributed by atoms with Crippen molar-refractivity contribution in [3.63, 3.8) is 0 Å². The monoisotopic (exact) mass is 302 g/mol. The summed E-state index contributed by atoms with van der Waals surface area (Å²) in [7, 11) is -3.55. The molecule has 0 spiro atoms. The first-order valence-corrected chi connectivity index (χ1v) is 8.89. The van der Waals surface area contributed by atoms with Crippen molar-refractivity contribution in [2.24, 2.45) is 0 Å². The second-order valence-corrected chi connectivity index (χ2v) is 6.70. The Balaban J connectivity index is 2.37. The van der Waals surface area contributed by atoms with Gasteiger partial charge in [-0.1, -0.05) is 30.3 Å². The van der Waals surface area contributed by atoms with Gasteiger partial charge in [0.25, 0.3) is 0 Å². The van der Waals surface area contributed by atoms with Crippen LogP contribution in [0.5, 0.6) is 0 Å². The van der Waals surface area contributed by atoms with E-state index in [1.807, 2.05) is 12.3 Å². The molecule has 0 atom stereocenters. The molecule has 5 nitrogen and oxygen atoms in total. The highest BCUT2D eigenvalue weighted by Crippen LogP contribution is 2.03. The predicted molar refractivity (Wildman–Crippen MR) is 78.0 cm³/mol. The molecule has 0 aliphatic carbocycles. The summed E-state index contributed by atoms with van der Waals surface area (Å²) >= 11 is 1.65. The Morgan fingerprint density at radius 3 is 2.58 bits per heavy atom. The highest BCUT2D eigenvalue weighted by molar-refractivity contribution is 7.98. The quantitative estimate of drug-likeness (QED) is 0.560. The molecular formula is C12H18N2O3S2. The number of sulfonamides is 1. The molecule has 0 saturated carbocycles. The fourth-order valence-electron chi connectivity index (χ4n) is 1.40. The van der Waals surface area contributed by atoms with Crippen molar-refractivity contribution < 1.29 is 13.2 Å². The Labute approximate surface area is 118 Å². The number of hydrogen-bond acceptors (Lipinski definition) is 4. The molecule has 0 aliphatic heterocycles. The third-order valence-corrected chi connectivity index (χ3v) is 4.12. The average Bonchev–Trinajstić information content (AvgIpc) is 2.38. The summed E-state index contributed by atoms with van der Waals surface area (Å²) in [5.74, 6) is 0.411. The van der Waals surface area contributed by atoms with Crippen molar-refractivity contribution in [2.45, 2.75) is 18.6 Å². The molecule has 2 N–H and O–H groups in total. The van der Waals surface area contributed by atoms with Gasteiger partial charge < -0.3 is 0 Å². The van der Waals surface area contributed by atoms with Gasteiger partial charge in [-0.2, -0.15) is 11.8 Å². The molecule has 0 bridgehead atoms. The van der Waals surface area contributed by atoms with Crippen LogP contribution >= 0.6 is 11.8 Å². The van der Waals surface area contributed by atoms with E-state index < -0.39 is 10.0 Å². The summed E-state index contributed by atoms with van der Waals surface area (Å²) in [5.41, 5.74) is 2.89. The third kappa shape index (κ3) is 7.19. The van der Waals surface area contributed by atoms with E-state index in [9.17, 15) is 13.2 Å². The topological polar surface area (TPSA) is 75.3 Å². The van der Waals surface area contributed by atoms with E-state index in [0.717, 1.165) is 12.2 Å². The van der Waals surface area contributed by atoms with Crippen molar-refractivity contribution in [2.75, 3.05) is 12.0 Å². The summed E-state index contributed by atoms with van der Waals surface area (Å²) < 4.78 is 23.4. The van der Waals surface area contributed by atoms with Crippen LogP contribution < -0.4 is 10.3 Å². The first kappa shape index (κ1) is 16.0. The number of carbonyl (C=O) groups excluding carboxylic acids is 1. The van der Waals surface area contributed by atoms with Crippen LogP contribution in [-0.2, 0) is 20.6 Å². The molecule has 0 saturated heterocycles. The summed E-state index contributed by atoms with van der Waals surface area (Å²) in [6.45, 7) is 0. The van der Waals surface area contributed by atoms with E-state index in [4.69, 9.17) is 0 Å². The predicted octanol–water partition coefficient (Wildman–Crippen LogP) is 1.28. The van der Waals surface area contributed by atoms with Gasteiger partial charge in [0.1, 0.15) is 0 Å². The Morgan fingerprint density at radius 1 is 1.26 bits per heavy atom. The molecular weight excluding hydrogens is 284 g/mol. The summed E-state index contributed by atoms with van der Waals surface area (Å²) in [6, 6.07) is 8.80. The molecule has 1 rings (SSSR count). The van der Waals surface area contributed by atoms with Gasteiger partial charge in [0, 0.05) is 6.42 Å². The number of hydrazine groups is 1. The Kier molecular flexibility index (Phi) is 6.90. The Morgan fingerprint density at radius 2 is 1.95 bits per heavy atom. The maximum absolute atomic E-state index is 11.7. The van der Waals surface area contributed by atoms with Gasteiger partial charge >= 0.3 is 0 Å². The molecule has 1 aromatic rings. The third-order valence-electron chi connectivity index (χ3n) is 2.30. The molecule has 0 radical (unpaired) electrons. The van der Waals surface area contributed by atoms with E-state index >= 15 is 0 Å². The molecule has 1 amide bonds. The number of nitrogens with one attached hydrogen (secondary N) is 2. The molecule has 19 heavy (non-hydrogen) atoms. The fraction of sp³-hybridized carbons (Fsp3) is 0.417. The van der Waals surface area contributed by atoms with Crippen molar-refractivity contribution in [1.29, 1.82) is 0 Å². The van der Waals surface area contributed by atoms with E-state index in [-0.39, 0.29) is 11.7 Å². The molecule has 7 heteroatoms. The van der Waals surface area contributed by atoms with Crippen LogP contribution in [0, 0.1) is 0 Å². The highest BCUT2D eigenvalue weighted by atomic mass is 32.2. The van der Waals surface area contributed by atoms with E-state index in [1.165, 1.54) is 0 Å². The minimum atomic E-state index is -3.55. The maximum atomic E-state index is 11.7. The maximum Gasteiger partial charge on any atom is 0.234 e. The lowest BCUT2D eigenvalue weighted by Crippen LogP contribution is -2.42. The second-order valence-electron chi connectivity index (χ2n) is 3.99. The van der Waals surface area contributed by atoms with Crippen LogP contribution in [0.3, 0.4) is 0 Å². The minimum Gasteiger partial charge on any atom is -0.278 e. The molecule has 0 aromatic heterocycles. The van der Waals surface area contributed by atoms with Crippen LogP contribution in [0.1, 0.15) is 18.4 Å². The first-order chi connectivity index (χ1) is 9.03. The lowest BCUT2D eigenvalue weighted by Gasteiger charge is -2.08. The van der Waals surface area contributed by atoms with Gasteiger partial charge in [0.05, 0.1) is 5.75 Å². The molecule has 0 aliphatic rings. The number of benzene rings is 1. The van der Waals surface area contributed by atoms with E-state index in [2.05, 4.69) is 10.3 Å². The second kappa shape index (κ2) is 8.19. The van der Waals surface area contributed by atoms with Crippen LogP contribution in [0.25, 0.3) is 0 Å². The van der Waals surface area contributed by atoms with Crippen LogP contribution in [-0.4, -0.2) is 26.3 Å². The summed E-state index contributed by atoms with van der Waals surface area (Å²) in [6.07, 6.45) is 3.00. The molecule has 0 fully saturated rings. The number of thioether (sulfide) groups is 1. The van der Waals surface area contributed by atoms with E-state index in [1.54, 1.807) is 36.0 Å². The van der Waals surface area contributed by atoms with Gasteiger partial charge in [0.15, 0.2) is 0 Å². The lowest BCUT2D eigenvalue weighted by molar-refractivity contribution is -0.121. The van der Waals surface area contributed by atoms with Crippen molar-refractivity contribution in [3.05, 3.63) is 35.9 Å². The number of rotatable bonds is 8. The summed E-state index contributed by atoms with van der Waals surface area (Å²) in [5, 5.41) is 0. The van der Waals surface area contributed by atoms with Gasteiger partial charge in [-0.25, -0.2) is 8.42 Å². The molecule has 0 heterocycles. The van der Waals surface area contributed by atoms with Crippen molar-refractivity contribution in [3.8, 4) is 0 Å². The minimum absolute atomic E-state index is 0.154. The van der Waals surface area contributed by atoms with Gasteiger partial charge in [-0.3, -0.25) is 10.2 Å². The largest absolute Gasteiger partial charge is 0.278 e. The van der Waals surface area contributed by atoms with E-state index in [0.29, 0.717) is 12.0 Å². The summed E-state index contributed by atoms with van der Waals surface area (Å²) in [4.78, 5) is 13.5. The van der Waals surface area contributed by atoms with Gasteiger partial charge in [0.2, 0.25) is 15.9 Å². The molecule has 0 unspecified atom stereocenters. The number of amides is 1. The Hall–Kier alpha value is -1.05. The van der Waals surface area contributed by atoms with Crippen molar-refractivity contribution >= 4 is 27.7 Å². The van der Waals surface area contributed by atoms with Crippen LogP contribution in [0.2, 0.25) is 0 Å². The smallest absolute Gasteiger partial charge is 0.234 e. The molecule has 106 valence electrons. The zero-order valence-corrected chi connectivity index (χ0v) is 12.4. The zero-order chi connectivity index (χ0) is 14.1. The molecule has 1 aromatic carbocycles. The Bertz CT molecular complexity index is 489.